The van der Waals surface area contributed by atoms with Crippen molar-refractivity contribution in [1.29, 1.82) is 0 Å². The summed E-state index contributed by atoms with van der Waals surface area (Å²) < 4.78 is 2.09. The van der Waals surface area contributed by atoms with E-state index in [0.29, 0.717) is 0 Å². The Balaban J connectivity index is 2.61. The van der Waals surface area contributed by atoms with Gasteiger partial charge in [0.05, 0.1) is 0 Å². The predicted octanol–water partition coefficient (Wildman–Crippen LogP) is 2.17. The number of rotatable bonds is 4. The van der Waals surface area contributed by atoms with Crippen LogP contribution < -0.4 is 5.32 Å². The van der Waals surface area contributed by atoms with Crippen LogP contribution in [0.15, 0.2) is 18.5 Å². The van der Waals surface area contributed by atoms with Gasteiger partial charge in [-0.05, 0) is 32.5 Å². The summed E-state index contributed by atoms with van der Waals surface area (Å²) in [4.78, 5) is 9.06. The van der Waals surface area contributed by atoms with Crippen LogP contribution in [0.1, 0.15) is 29.6 Å². The molecule has 0 amide bonds. The summed E-state index contributed by atoms with van der Waals surface area (Å²) in [6.45, 7) is 7.09. The molecule has 0 aliphatic rings. The fraction of sp³-hybridized carbons (Fsp3) is 0.429. The monoisotopic (exact) mass is 244 g/mol. The molecule has 4 heteroatoms. The van der Waals surface area contributed by atoms with Gasteiger partial charge in [0.25, 0.3) is 0 Å². The Hall–Kier alpha value is -1.68. The third kappa shape index (κ3) is 2.29. The van der Waals surface area contributed by atoms with Crippen molar-refractivity contribution in [2.24, 2.45) is 0 Å². The van der Waals surface area contributed by atoms with Crippen LogP contribution in [0.4, 0.5) is 0 Å². The Labute approximate surface area is 108 Å². The largest absolute Gasteiger partial charge is 0.316 e. The Kier molecular flexibility index (Phi) is 3.77. The van der Waals surface area contributed by atoms with Gasteiger partial charge in [0.1, 0.15) is 11.6 Å². The van der Waals surface area contributed by atoms with Gasteiger partial charge in [-0.1, -0.05) is 6.92 Å². The highest BCUT2D eigenvalue weighted by atomic mass is 15.1. The van der Waals surface area contributed by atoms with Crippen LogP contribution >= 0.6 is 0 Å². The van der Waals surface area contributed by atoms with Gasteiger partial charge in [0, 0.05) is 36.6 Å². The van der Waals surface area contributed by atoms with E-state index in [9.17, 15) is 0 Å². The van der Waals surface area contributed by atoms with Crippen molar-refractivity contribution < 1.29 is 0 Å². The molecule has 18 heavy (non-hydrogen) atoms. The highest BCUT2D eigenvalue weighted by Crippen LogP contribution is 2.19. The number of hydrogen-bond acceptors (Lipinski definition) is 3. The summed E-state index contributed by atoms with van der Waals surface area (Å²) >= 11 is 0. The van der Waals surface area contributed by atoms with Crippen molar-refractivity contribution in [2.75, 3.05) is 7.05 Å². The van der Waals surface area contributed by atoms with Gasteiger partial charge in [-0.25, -0.2) is 9.97 Å². The summed E-state index contributed by atoms with van der Waals surface area (Å²) in [6.07, 6.45) is 4.72. The number of aryl methyl sites for hydroxylation is 3. The quantitative estimate of drug-likeness (QED) is 0.896. The maximum Gasteiger partial charge on any atom is 0.143 e. The average molecular weight is 244 g/mol. The molecule has 0 bridgehead atoms. The highest BCUT2D eigenvalue weighted by Gasteiger charge is 2.12. The second-order valence-corrected chi connectivity index (χ2v) is 4.48. The second kappa shape index (κ2) is 5.31. The van der Waals surface area contributed by atoms with Gasteiger partial charge >= 0.3 is 0 Å². The van der Waals surface area contributed by atoms with E-state index in [0.717, 1.165) is 30.3 Å². The predicted molar refractivity (Wildman–Crippen MR) is 73.0 cm³/mol. The SMILES string of the molecule is CCc1nccn1-c1nc(C)cc(C)c1CNC. The minimum Gasteiger partial charge on any atom is -0.316 e. The lowest BCUT2D eigenvalue weighted by Gasteiger charge is -2.15. The van der Waals surface area contributed by atoms with Gasteiger partial charge in [0.15, 0.2) is 0 Å². The van der Waals surface area contributed by atoms with E-state index >= 15 is 0 Å². The molecule has 0 saturated heterocycles. The van der Waals surface area contributed by atoms with E-state index in [1.165, 1.54) is 11.1 Å². The van der Waals surface area contributed by atoms with Gasteiger partial charge in [-0.15, -0.1) is 0 Å². The van der Waals surface area contributed by atoms with Crippen molar-refractivity contribution >= 4 is 0 Å². The van der Waals surface area contributed by atoms with Gasteiger partial charge in [-0.2, -0.15) is 0 Å². The van der Waals surface area contributed by atoms with E-state index in [-0.39, 0.29) is 0 Å². The third-order valence-electron chi connectivity index (χ3n) is 3.07. The zero-order chi connectivity index (χ0) is 13.1. The van der Waals surface area contributed by atoms with Crippen LogP contribution in [-0.2, 0) is 13.0 Å². The maximum absolute atomic E-state index is 4.69. The second-order valence-electron chi connectivity index (χ2n) is 4.48. The molecule has 0 spiro atoms. The molecule has 0 aliphatic heterocycles. The zero-order valence-electron chi connectivity index (χ0n) is 11.5. The van der Waals surface area contributed by atoms with Crippen molar-refractivity contribution in [3.63, 3.8) is 0 Å². The van der Waals surface area contributed by atoms with E-state index in [2.05, 4.69) is 39.8 Å². The molecule has 0 radical (unpaired) electrons. The van der Waals surface area contributed by atoms with Crippen LogP contribution in [0.25, 0.3) is 5.82 Å². The Bertz CT molecular complexity index is 543. The van der Waals surface area contributed by atoms with E-state index in [4.69, 9.17) is 0 Å². The summed E-state index contributed by atoms with van der Waals surface area (Å²) in [5, 5.41) is 3.21. The standard InChI is InChI=1S/C14H20N4/c1-5-13-16-6-7-18(13)14-12(9-15-4)10(2)8-11(3)17-14/h6-8,15H,5,9H2,1-4H3. The third-order valence-corrected chi connectivity index (χ3v) is 3.07. The van der Waals surface area contributed by atoms with Crippen LogP contribution in [0.2, 0.25) is 0 Å². The Morgan fingerprint density at radius 2 is 2.11 bits per heavy atom. The van der Waals surface area contributed by atoms with Crippen molar-refractivity contribution in [3.05, 3.63) is 41.1 Å². The number of nitrogens with zero attached hydrogens (tertiary/aromatic N) is 3. The van der Waals surface area contributed by atoms with Gasteiger partial charge in [-0.3, -0.25) is 4.57 Å². The first-order valence-corrected chi connectivity index (χ1v) is 6.31. The summed E-state index contributed by atoms with van der Waals surface area (Å²) in [6, 6.07) is 2.12. The van der Waals surface area contributed by atoms with E-state index < -0.39 is 0 Å². The molecular weight excluding hydrogens is 224 g/mol. The Morgan fingerprint density at radius 3 is 2.78 bits per heavy atom. The number of pyridine rings is 1. The minimum atomic E-state index is 0.815. The molecule has 0 atom stereocenters. The molecule has 2 rings (SSSR count). The lowest BCUT2D eigenvalue weighted by atomic mass is 10.1. The number of imidazole rings is 1. The molecular formula is C14H20N4. The first-order valence-electron chi connectivity index (χ1n) is 6.31. The average Bonchev–Trinajstić information content (AvgIpc) is 2.80. The Morgan fingerprint density at radius 1 is 1.33 bits per heavy atom. The van der Waals surface area contributed by atoms with Crippen LogP contribution in [0.3, 0.4) is 0 Å². The van der Waals surface area contributed by atoms with Crippen LogP contribution in [0, 0.1) is 13.8 Å². The molecule has 0 aromatic carbocycles. The topological polar surface area (TPSA) is 42.7 Å². The summed E-state index contributed by atoms with van der Waals surface area (Å²) in [5.74, 6) is 2.04. The molecule has 96 valence electrons. The van der Waals surface area contributed by atoms with Crippen molar-refractivity contribution in [1.82, 2.24) is 19.9 Å². The van der Waals surface area contributed by atoms with E-state index in [1.54, 1.807) is 0 Å². The number of hydrogen-bond donors (Lipinski definition) is 1. The van der Waals surface area contributed by atoms with Crippen LogP contribution in [-0.4, -0.2) is 21.6 Å². The maximum atomic E-state index is 4.69. The number of nitrogens with one attached hydrogen (secondary N) is 1. The van der Waals surface area contributed by atoms with Gasteiger partial charge in [0.2, 0.25) is 0 Å². The molecule has 4 nitrogen and oxygen atoms in total. The number of aromatic nitrogens is 3. The van der Waals surface area contributed by atoms with Crippen molar-refractivity contribution in [2.45, 2.75) is 33.7 Å². The molecule has 1 N–H and O–H groups in total. The fourth-order valence-corrected chi connectivity index (χ4v) is 2.23. The lowest BCUT2D eigenvalue weighted by Crippen LogP contribution is -2.14. The van der Waals surface area contributed by atoms with Crippen LogP contribution in [0.5, 0.6) is 0 Å². The molecule has 0 aliphatic carbocycles. The minimum absolute atomic E-state index is 0.815. The summed E-state index contributed by atoms with van der Waals surface area (Å²) in [5.41, 5.74) is 3.54. The lowest BCUT2D eigenvalue weighted by molar-refractivity contribution is 0.775. The molecule has 2 aromatic rings. The normalized spacial score (nSPS) is 10.9. The molecule has 0 fully saturated rings. The van der Waals surface area contributed by atoms with Gasteiger partial charge < -0.3 is 5.32 Å². The molecule has 2 heterocycles. The van der Waals surface area contributed by atoms with E-state index in [1.807, 2.05) is 26.4 Å². The first kappa shape index (κ1) is 12.8. The molecule has 0 saturated carbocycles. The zero-order valence-corrected chi connectivity index (χ0v) is 11.5. The van der Waals surface area contributed by atoms with Crippen molar-refractivity contribution in [3.8, 4) is 5.82 Å². The first-order chi connectivity index (χ1) is 8.67. The molecule has 2 aromatic heterocycles. The molecule has 0 unspecified atom stereocenters. The smallest absolute Gasteiger partial charge is 0.143 e. The fourth-order valence-electron chi connectivity index (χ4n) is 2.23. The highest BCUT2D eigenvalue weighted by molar-refractivity contribution is 5.42. The summed E-state index contributed by atoms with van der Waals surface area (Å²) in [7, 11) is 1.96.